The van der Waals surface area contributed by atoms with E-state index in [0.717, 1.165) is 0 Å². The third kappa shape index (κ3) is 4.76. The maximum Gasteiger partial charge on any atom is 0.262 e. The van der Waals surface area contributed by atoms with Crippen molar-refractivity contribution in [1.82, 2.24) is 4.31 Å². The van der Waals surface area contributed by atoms with Crippen LogP contribution in [0.1, 0.15) is 35.7 Å². The molecule has 0 aromatic heterocycles. The van der Waals surface area contributed by atoms with Crippen molar-refractivity contribution in [2.45, 2.75) is 31.6 Å². The van der Waals surface area contributed by atoms with Crippen LogP contribution in [0.3, 0.4) is 0 Å². The fourth-order valence-electron chi connectivity index (χ4n) is 4.05. The second-order valence-corrected chi connectivity index (χ2v) is 10.2. The Hall–Kier alpha value is -3.24. The minimum Gasteiger partial charge on any atom is -0.482 e. The Labute approximate surface area is 192 Å². The number of aryl methyl sites for hydroxylation is 1. The first kappa shape index (κ1) is 22.9. The van der Waals surface area contributed by atoms with Gasteiger partial charge in [0.15, 0.2) is 12.4 Å². The minimum absolute atomic E-state index is 0.0881. The van der Waals surface area contributed by atoms with Gasteiger partial charge in [-0.2, -0.15) is 4.31 Å². The van der Waals surface area contributed by atoms with Gasteiger partial charge in [0.25, 0.3) is 5.91 Å². The smallest absolute Gasteiger partial charge is 0.262 e. The lowest BCUT2D eigenvalue weighted by Crippen LogP contribution is -2.41. The van der Waals surface area contributed by atoms with Gasteiger partial charge in [0.2, 0.25) is 15.9 Å². The number of fused-ring (bicyclic) bond motifs is 1. The van der Waals surface area contributed by atoms with E-state index in [1.807, 2.05) is 0 Å². The highest BCUT2D eigenvalue weighted by Crippen LogP contribution is 2.35. The molecule has 0 atom stereocenters. The molecule has 2 heterocycles. The summed E-state index contributed by atoms with van der Waals surface area (Å²) < 4.78 is 33.3. The van der Waals surface area contributed by atoms with Crippen LogP contribution in [-0.4, -0.2) is 50.0 Å². The molecule has 9 nitrogen and oxygen atoms in total. The quantitative estimate of drug-likeness (QED) is 0.647. The van der Waals surface area contributed by atoms with E-state index >= 15 is 0 Å². The molecule has 1 saturated heterocycles. The van der Waals surface area contributed by atoms with Crippen molar-refractivity contribution in [1.29, 1.82) is 0 Å². The minimum atomic E-state index is -3.79. The number of rotatable bonds is 5. The molecule has 0 unspecified atom stereocenters. The third-order valence-electron chi connectivity index (χ3n) is 5.89. The predicted octanol–water partition coefficient (Wildman–Crippen LogP) is 2.57. The van der Waals surface area contributed by atoms with Crippen molar-refractivity contribution in [2.24, 2.45) is 5.92 Å². The summed E-state index contributed by atoms with van der Waals surface area (Å²) in [5.74, 6) is -0.580. The molecule has 174 valence electrons. The molecule has 10 heteroatoms. The summed E-state index contributed by atoms with van der Waals surface area (Å²) in [6.07, 6.45) is 0.766. The highest BCUT2D eigenvalue weighted by Gasteiger charge is 2.34. The lowest BCUT2D eigenvalue weighted by atomic mass is 9.97. The van der Waals surface area contributed by atoms with Gasteiger partial charge in [-0.3, -0.25) is 14.4 Å². The number of nitrogens with zero attached hydrogens (tertiary/aromatic N) is 1. The number of nitrogens with one attached hydrogen (secondary N) is 2. The van der Waals surface area contributed by atoms with Crippen LogP contribution in [0.15, 0.2) is 41.3 Å². The second kappa shape index (κ2) is 8.95. The lowest BCUT2D eigenvalue weighted by molar-refractivity contribution is -0.121. The van der Waals surface area contributed by atoms with Crippen LogP contribution < -0.4 is 15.4 Å². The molecule has 2 aliphatic rings. The van der Waals surface area contributed by atoms with Crippen molar-refractivity contribution in [2.75, 3.05) is 30.3 Å². The normalized spacial score (nSPS) is 17.0. The molecule has 2 aliphatic heterocycles. The number of anilines is 2. The zero-order valence-electron chi connectivity index (χ0n) is 18.4. The van der Waals surface area contributed by atoms with E-state index in [9.17, 15) is 22.8 Å². The number of hydrogen-bond donors (Lipinski definition) is 2. The number of piperidine rings is 1. The van der Waals surface area contributed by atoms with E-state index < -0.39 is 10.0 Å². The van der Waals surface area contributed by atoms with Crippen LogP contribution in [0, 0.1) is 12.8 Å². The van der Waals surface area contributed by atoms with E-state index in [-0.39, 0.29) is 48.1 Å². The van der Waals surface area contributed by atoms with Crippen LogP contribution in [-0.2, 0) is 19.6 Å². The summed E-state index contributed by atoms with van der Waals surface area (Å²) in [4.78, 5) is 35.9. The van der Waals surface area contributed by atoms with Crippen molar-refractivity contribution < 1.29 is 27.5 Å². The molecule has 0 bridgehead atoms. The number of amides is 2. The summed E-state index contributed by atoms with van der Waals surface area (Å²) >= 11 is 0. The van der Waals surface area contributed by atoms with Crippen LogP contribution in [0.2, 0.25) is 0 Å². The molecule has 2 N–H and O–H groups in total. The SMILES string of the molecule is CC(=O)c1cccc(NC(=O)C2CCN(S(=O)(=O)c3cc4c(cc3C)NC(=O)CO4)CC2)c1. The van der Waals surface area contributed by atoms with Gasteiger partial charge in [-0.25, -0.2) is 8.42 Å². The van der Waals surface area contributed by atoms with Gasteiger partial charge >= 0.3 is 0 Å². The van der Waals surface area contributed by atoms with E-state index in [0.29, 0.717) is 41.1 Å². The van der Waals surface area contributed by atoms with E-state index in [4.69, 9.17) is 4.74 Å². The summed E-state index contributed by atoms with van der Waals surface area (Å²) in [5, 5.41) is 5.50. The summed E-state index contributed by atoms with van der Waals surface area (Å²) in [5.41, 5.74) is 2.01. The first-order valence-electron chi connectivity index (χ1n) is 10.6. The number of ether oxygens (including phenoxy) is 1. The van der Waals surface area contributed by atoms with Gasteiger partial charge < -0.3 is 15.4 Å². The van der Waals surface area contributed by atoms with Gasteiger partial charge in [-0.15, -0.1) is 0 Å². The molecule has 1 fully saturated rings. The number of Topliss-reactive ketones (excluding diaryl/α,β-unsaturated/α-hetero) is 1. The number of carbonyl (C=O) groups excluding carboxylic acids is 3. The highest BCUT2D eigenvalue weighted by atomic mass is 32.2. The number of ketones is 1. The molecule has 0 saturated carbocycles. The molecular weight excluding hydrogens is 446 g/mol. The first-order valence-corrected chi connectivity index (χ1v) is 12.1. The largest absolute Gasteiger partial charge is 0.482 e. The van der Waals surface area contributed by atoms with E-state index in [1.54, 1.807) is 37.3 Å². The highest BCUT2D eigenvalue weighted by molar-refractivity contribution is 7.89. The Bertz CT molecular complexity index is 1230. The third-order valence-corrected chi connectivity index (χ3v) is 7.93. The molecule has 2 aromatic rings. The van der Waals surface area contributed by atoms with Crippen molar-refractivity contribution in [3.05, 3.63) is 47.5 Å². The van der Waals surface area contributed by atoms with Crippen LogP contribution in [0.4, 0.5) is 11.4 Å². The van der Waals surface area contributed by atoms with Crippen molar-refractivity contribution in [3.8, 4) is 5.75 Å². The van der Waals surface area contributed by atoms with E-state index in [2.05, 4.69) is 10.6 Å². The summed E-state index contributed by atoms with van der Waals surface area (Å²) in [7, 11) is -3.79. The molecule has 0 radical (unpaired) electrons. The Morgan fingerprint density at radius 3 is 2.58 bits per heavy atom. The zero-order valence-corrected chi connectivity index (χ0v) is 19.2. The van der Waals surface area contributed by atoms with Gasteiger partial charge in [-0.05, 0) is 50.5 Å². The van der Waals surface area contributed by atoms with Gasteiger partial charge in [-0.1, -0.05) is 12.1 Å². The van der Waals surface area contributed by atoms with Crippen LogP contribution >= 0.6 is 0 Å². The number of carbonyl (C=O) groups is 3. The summed E-state index contributed by atoms with van der Waals surface area (Å²) in [6.45, 7) is 3.39. The maximum atomic E-state index is 13.3. The molecule has 0 spiro atoms. The molecule has 33 heavy (non-hydrogen) atoms. The van der Waals surface area contributed by atoms with Crippen LogP contribution in [0.5, 0.6) is 5.75 Å². The first-order chi connectivity index (χ1) is 15.6. The lowest BCUT2D eigenvalue weighted by Gasteiger charge is -2.31. The van der Waals surface area contributed by atoms with Gasteiger partial charge in [0.1, 0.15) is 5.75 Å². The Morgan fingerprint density at radius 2 is 1.88 bits per heavy atom. The second-order valence-electron chi connectivity index (χ2n) is 8.26. The molecular formula is C23H25N3O6S. The van der Waals surface area contributed by atoms with Crippen LogP contribution in [0.25, 0.3) is 0 Å². The van der Waals surface area contributed by atoms with Crippen molar-refractivity contribution in [3.63, 3.8) is 0 Å². The van der Waals surface area contributed by atoms with Gasteiger partial charge in [0.05, 0.1) is 10.6 Å². The fraction of sp³-hybridized carbons (Fsp3) is 0.348. The molecule has 4 rings (SSSR count). The maximum absolute atomic E-state index is 13.3. The van der Waals surface area contributed by atoms with Crippen molar-refractivity contribution >= 4 is 39.0 Å². The van der Waals surface area contributed by atoms with Gasteiger partial charge in [0, 0.05) is 36.3 Å². The topological polar surface area (TPSA) is 122 Å². The number of hydrogen-bond acceptors (Lipinski definition) is 6. The monoisotopic (exact) mass is 471 g/mol. The molecule has 2 aromatic carbocycles. The predicted molar refractivity (Wildman–Crippen MR) is 122 cm³/mol. The Morgan fingerprint density at radius 1 is 1.15 bits per heavy atom. The standard InChI is InChI=1S/C23H25N3O6S/c1-14-10-19-20(32-13-22(28)25-19)12-21(14)33(30,31)26-8-6-16(7-9-26)23(29)24-18-5-3-4-17(11-18)15(2)27/h3-5,10-12,16H,6-9,13H2,1-2H3,(H,24,29)(H,25,28). The Kier molecular flexibility index (Phi) is 6.22. The Balaban J connectivity index is 1.43. The molecule has 0 aliphatic carbocycles. The summed E-state index contributed by atoms with van der Waals surface area (Å²) in [6, 6.07) is 9.77. The number of sulfonamides is 1. The fourth-order valence-corrected chi connectivity index (χ4v) is 5.74. The average Bonchev–Trinajstić information content (AvgIpc) is 2.78. The number of benzene rings is 2. The van der Waals surface area contributed by atoms with E-state index in [1.165, 1.54) is 17.3 Å². The molecule has 2 amide bonds. The average molecular weight is 472 g/mol. The zero-order chi connectivity index (χ0) is 23.8.